The van der Waals surface area contributed by atoms with E-state index in [1.165, 1.54) is 11.3 Å². The van der Waals surface area contributed by atoms with Crippen molar-refractivity contribution in [1.29, 1.82) is 5.26 Å². The number of rotatable bonds is 2. The molecule has 0 aliphatic heterocycles. The number of thiazole rings is 1. The molecule has 1 aromatic carbocycles. The van der Waals surface area contributed by atoms with Crippen LogP contribution in [0.2, 0.25) is 0 Å². The Morgan fingerprint density at radius 2 is 2.13 bits per heavy atom. The highest BCUT2D eigenvalue weighted by atomic mass is 32.1. The Labute approximate surface area is 135 Å². The molecule has 23 heavy (non-hydrogen) atoms. The van der Waals surface area contributed by atoms with Crippen LogP contribution < -0.4 is 5.73 Å². The summed E-state index contributed by atoms with van der Waals surface area (Å²) in [6.07, 6.45) is 3.49. The Morgan fingerprint density at radius 1 is 1.22 bits per heavy atom. The average Bonchev–Trinajstić information content (AvgIpc) is 3.18. The number of fused-ring (bicyclic) bond motifs is 1. The molecule has 0 atom stereocenters. The van der Waals surface area contributed by atoms with Crippen molar-refractivity contribution in [2.75, 3.05) is 5.73 Å². The second-order valence-corrected chi connectivity index (χ2v) is 5.71. The van der Waals surface area contributed by atoms with Crippen molar-refractivity contribution < 1.29 is 0 Å². The molecule has 0 saturated heterocycles. The van der Waals surface area contributed by atoms with Crippen LogP contribution >= 0.6 is 11.3 Å². The molecule has 2 N–H and O–H groups in total. The highest BCUT2D eigenvalue weighted by molar-refractivity contribution is 7.12. The van der Waals surface area contributed by atoms with Gasteiger partial charge >= 0.3 is 0 Å². The smallest absolute Gasteiger partial charge is 0.207 e. The maximum absolute atomic E-state index is 9.09. The van der Waals surface area contributed by atoms with E-state index in [9.17, 15) is 0 Å². The van der Waals surface area contributed by atoms with Crippen LogP contribution in [0.3, 0.4) is 0 Å². The first-order valence-electron chi connectivity index (χ1n) is 6.80. The molecule has 4 rings (SSSR count). The van der Waals surface area contributed by atoms with Crippen LogP contribution in [0.1, 0.15) is 5.56 Å². The van der Waals surface area contributed by atoms with Crippen LogP contribution in [0.25, 0.3) is 27.4 Å². The minimum Gasteiger partial charge on any atom is -0.369 e. The molecule has 0 aliphatic rings. The highest BCUT2D eigenvalue weighted by Crippen LogP contribution is 2.29. The summed E-state index contributed by atoms with van der Waals surface area (Å²) in [4.78, 5) is 13.1. The number of anilines is 1. The zero-order valence-corrected chi connectivity index (χ0v) is 12.7. The molecule has 0 saturated carbocycles. The van der Waals surface area contributed by atoms with Gasteiger partial charge in [-0.1, -0.05) is 0 Å². The molecule has 0 fully saturated rings. The van der Waals surface area contributed by atoms with E-state index >= 15 is 0 Å². The lowest BCUT2D eigenvalue weighted by atomic mass is 10.2. The van der Waals surface area contributed by atoms with Gasteiger partial charge in [-0.3, -0.25) is 9.55 Å². The van der Waals surface area contributed by atoms with Crippen LogP contribution in [0.15, 0.2) is 48.1 Å². The number of hydrogen-bond donors (Lipinski definition) is 1. The highest BCUT2D eigenvalue weighted by Gasteiger charge is 2.14. The van der Waals surface area contributed by atoms with Crippen LogP contribution in [-0.4, -0.2) is 19.5 Å². The van der Waals surface area contributed by atoms with Gasteiger partial charge in [0.15, 0.2) is 5.13 Å². The van der Waals surface area contributed by atoms with E-state index < -0.39 is 0 Å². The lowest BCUT2D eigenvalue weighted by Crippen LogP contribution is -2.00. The SMILES string of the molecule is N#Cc1ccc2nc(N)n(-c3nc(-c4cccnc4)cs3)c2c1. The molecule has 0 spiro atoms. The lowest BCUT2D eigenvalue weighted by molar-refractivity contribution is 1.08. The molecule has 0 radical (unpaired) electrons. The number of nitriles is 1. The number of nitrogen functional groups attached to an aromatic ring is 1. The number of nitrogens with two attached hydrogens (primary N) is 1. The minimum atomic E-state index is 0.349. The fraction of sp³-hybridized carbons (Fsp3) is 0. The van der Waals surface area contributed by atoms with Gasteiger partial charge in [0.1, 0.15) is 0 Å². The van der Waals surface area contributed by atoms with Gasteiger partial charge in [0, 0.05) is 23.3 Å². The molecule has 4 aromatic rings. The number of aromatic nitrogens is 4. The first-order valence-corrected chi connectivity index (χ1v) is 7.68. The number of imidazole rings is 1. The van der Waals surface area contributed by atoms with Crippen molar-refractivity contribution in [2.24, 2.45) is 0 Å². The van der Waals surface area contributed by atoms with Crippen molar-refractivity contribution in [1.82, 2.24) is 19.5 Å². The summed E-state index contributed by atoms with van der Waals surface area (Å²) in [6, 6.07) is 11.2. The van der Waals surface area contributed by atoms with Gasteiger partial charge in [-0.2, -0.15) is 5.26 Å². The molecular formula is C16H10N6S. The van der Waals surface area contributed by atoms with Crippen molar-refractivity contribution in [3.05, 3.63) is 53.7 Å². The van der Waals surface area contributed by atoms with Crippen LogP contribution in [0.5, 0.6) is 0 Å². The zero-order valence-electron chi connectivity index (χ0n) is 11.8. The molecule has 0 aliphatic carbocycles. The summed E-state index contributed by atoms with van der Waals surface area (Å²) < 4.78 is 1.76. The normalized spacial score (nSPS) is 10.7. The zero-order chi connectivity index (χ0) is 15.8. The maximum atomic E-state index is 9.09. The standard InChI is InChI=1S/C16H10N6S/c17-7-10-3-4-12-14(6-10)22(15(18)20-12)16-21-13(9-23-16)11-2-1-5-19-8-11/h1-6,8-9H,(H2,18,20). The molecule has 0 bridgehead atoms. The number of benzene rings is 1. The summed E-state index contributed by atoms with van der Waals surface area (Å²) in [5.74, 6) is 0.349. The van der Waals surface area contributed by atoms with Gasteiger partial charge in [-0.15, -0.1) is 11.3 Å². The summed E-state index contributed by atoms with van der Waals surface area (Å²) in [7, 11) is 0. The van der Waals surface area contributed by atoms with Crippen molar-refractivity contribution >= 4 is 28.3 Å². The molecule has 3 aromatic heterocycles. The first kappa shape index (κ1) is 13.4. The Morgan fingerprint density at radius 3 is 2.91 bits per heavy atom. The monoisotopic (exact) mass is 318 g/mol. The van der Waals surface area contributed by atoms with E-state index in [0.29, 0.717) is 16.6 Å². The van der Waals surface area contributed by atoms with E-state index in [1.54, 1.807) is 35.2 Å². The second-order valence-electron chi connectivity index (χ2n) is 4.88. The number of hydrogen-bond acceptors (Lipinski definition) is 6. The van der Waals surface area contributed by atoms with Gasteiger partial charge in [0.2, 0.25) is 5.95 Å². The van der Waals surface area contributed by atoms with Gasteiger partial charge in [-0.05, 0) is 30.3 Å². The summed E-state index contributed by atoms with van der Waals surface area (Å²) in [5, 5.41) is 11.7. The third kappa shape index (κ3) is 2.22. The number of pyridine rings is 1. The molecular weight excluding hydrogens is 308 g/mol. The van der Waals surface area contributed by atoms with Gasteiger partial charge in [0.25, 0.3) is 0 Å². The maximum Gasteiger partial charge on any atom is 0.207 e. The van der Waals surface area contributed by atoms with E-state index in [0.717, 1.165) is 22.3 Å². The lowest BCUT2D eigenvalue weighted by Gasteiger charge is -2.01. The Kier molecular flexibility index (Phi) is 3.03. The topological polar surface area (TPSA) is 93.4 Å². The van der Waals surface area contributed by atoms with Crippen LogP contribution in [-0.2, 0) is 0 Å². The van der Waals surface area contributed by atoms with Crippen molar-refractivity contribution in [3.63, 3.8) is 0 Å². The van der Waals surface area contributed by atoms with Crippen molar-refractivity contribution in [2.45, 2.75) is 0 Å². The molecule has 110 valence electrons. The molecule has 3 heterocycles. The number of nitrogens with zero attached hydrogens (tertiary/aromatic N) is 5. The Balaban J connectivity index is 1.88. The third-order valence-corrected chi connectivity index (χ3v) is 4.28. The predicted octanol–water partition coefficient (Wildman–Crippen LogP) is 3.00. The quantitative estimate of drug-likeness (QED) is 0.613. The Hall–Kier alpha value is -3.24. The van der Waals surface area contributed by atoms with Gasteiger partial charge in [-0.25, -0.2) is 9.97 Å². The van der Waals surface area contributed by atoms with E-state index in [2.05, 4.69) is 21.0 Å². The first-order chi connectivity index (χ1) is 11.3. The van der Waals surface area contributed by atoms with Gasteiger partial charge < -0.3 is 5.73 Å². The second kappa shape index (κ2) is 5.19. The van der Waals surface area contributed by atoms with Crippen molar-refractivity contribution in [3.8, 4) is 22.5 Å². The van der Waals surface area contributed by atoms with E-state index in [1.807, 2.05) is 17.5 Å². The molecule has 7 heteroatoms. The summed E-state index contributed by atoms with van der Waals surface area (Å²) in [6.45, 7) is 0. The van der Waals surface area contributed by atoms with Crippen LogP contribution in [0.4, 0.5) is 5.95 Å². The molecule has 0 amide bonds. The Bertz CT molecular complexity index is 1040. The summed E-state index contributed by atoms with van der Waals surface area (Å²) >= 11 is 1.47. The van der Waals surface area contributed by atoms with E-state index in [-0.39, 0.29) is 0 Å². The fourth-order valence-electron chi connectivity index (χ4n) is 2.38. The third-order valence-electron chi connectivity index (χ3n) is 3.45. The average molecular weight is 318 g/mol. The van der Waals surface area contributed by atoms with Crippen LogP contribution in [0, 0.1) is 11.3 Å². The van der Waals surface area contributed by atoms with Gasteiger partial charge in [0.05, 0.1) is 28.4 Å². The largest absolute Gasteiger partial charge is 0.369 e. The molecule has 0 unspecified atom stereocenters. The predicted molar refractivity (Wildman–Crippen MR) is 89.1 cm³/mol. The summed E-state index contributed by atoms with van der Waals surface area (Å²) in [5.41, 5.74) is 9.88. The fourth-order valence-corrected chi connectivity index (χ4v) is 3.23. The van der Waals surface area contributed by atoms with E-state index in [4.69, 9.17) is 11.0 Å². The minimum absolute atomic E-state index is 0.349. The molecule has 6 nitrogen and oxygen atoms in total.